The summed E-state index contributed by atoms with van der Waals surface area (Å²) in [6.45, 7) is 5.94. The molecule has 1 heterocycles. The second kappa shape index (κ2) is 9.76. The van der Waals surface area contributed by atoms with Crippen LogP contribution in [0.3, 0.4) is 0 Å². The second-order valence-corrected chi connectivity index (χ2v) is 8.04. The molecule has 1 aliphatic heterocycles. The van der Waals surface area contributed by atoms with E-state index in [1.807, 2.05) is 32.0 Å². The van der Waals surface area contributed by atoms with E-state index in [1.54, 1.807) is 37.3 Å². The molecule has 0 fully saturated rings. The predicted octanol–water partition coefficient (Wildman–Crippen LogP) is 5.22. The smallest absolute Gasteiger partial charge is 0.335 e. The zero-order valence-corrected chi connectivity index (χ0v) is 19.5. The Kier molecular flexibility index (Phi) is 6.59. The number of para-hydroxylation sites is 1. The summed E-state index contributed by atoms with van der Waals surface area (Å²) in [6, 6.07) is 15.6. The highest BCUT2D eigenvalue weighted by atomic mass is 16.5. The number of phenolic OH excluding ortho intramolecular Hbond substituents is 1. The number of amides is 1. The Morgan fingerprint density at radius 3 is 2.49 bits per heavy atom. The SMILES string of the molecule is CCOC1=NN(c2cc(C)cc(C)c2)C(=O)C1N=Nc1cccc(-c2cccc(C(=O)O)c2)c1O. The molecule has 1 atom stereocenters. The van der Waals surface area contributed by atoms with Gasteiger partial charge in [0.15, 0.2) is 5.75 Å². The summed E-state index contributed by atoms with van der Waals surface area (Å²) < 4.78 is 5.56. The van der Waals surface area contributed by atoms with Gasteiger partial charge < -0.3 is 14.9 Å². The number of phenols is 1. The van der Waals surface area contributed by atoms with Crippen LogP contribution >= 0.6 is 0 Å². The van der Waals surface area contributed by atoms with Crippen molar-refractivity contribution in [2.75, 3.05) is 11.6 Å². The van der Waals surface area contributed by atoms with Crippen molar-refractivity contribution in [2.24, 2.45) is 15.3 Å². The van der Waals surface area contributed by atoms with Crippen molar-refractivity contribution in [3.63, 3.8) is 0 Å². The highest BCUT2D eigenvalue weighted by molar-refractivity contribution is 6.16. The van der Waals surface area contributed by atoms with E-state index in [0.717, 1.165) is 11.1 Å². The largest absolute Gasteiger partial charge is 0.505 e. The van der Waals surface area contributed by atoms with Gasteiger partial charge >= 0.3 is 5.97 Å². The van der Waals surface area contributed by atoms with Crippen LogP contribution in [0.25, 0.3) is 11.1 Å². The molecular formula is C26H24N4O5. The number of carbonyl (C=O) groups is 2. The number of aromatic carboxylic acids is 1. The fraction of sp³-hybridized carbons (Fsp3) is 0.192. The lowest BCUT2D eigenvalue weighted by Crippen LogP contribution is -2.31. The molecule has 1 aliphatic rings. The average Bonchev–Trinajstić information content (AvgIpc) is 3.13. The van der Waals surface area contributed by atoms with E-state index in [4.69, 9.17) is 4.74 Å². The number of hydrazone groups is 1. The van der Waals surface area contributed by atoms with Gasteiger partial charge in [0.05, 0.1) is 17.9 Å². The predicted molar refractivity (Wildman–Crippen MR) is 131 cm³/mol. The lowest BCUT2D eigenvalue weighted by molar-refractivity contribution is -0.118. The van der Waals surface area contributed by atoms with Gasteiger partial charge in [-0.3, -0.25) is 4.79 Å². The van der Waals surface area contributed by atoms with Crippen molar-refractivity contribution >= 4 is 29.1 Å². The molecule has 0 aliphatic carbocycles. The number of anilines is 1. The van der Waals surface area contributed by atoms with Gasteiger partial charge in [-0.25, -0.2) is 4.79 Å². The van der Waals surface area contributed by atoms with Gasteiger partial charge in [-0.2, -0.15) is 15.2 Å². The third-order valence-electron chi connectivity index (χ3n) is 5.33. The van der Waals surface area contributed by atoms with Crippen LogP contribution in [-0.4, -0.2) is 40.6 Å². The van der Waals surface area contributed by atoms with Crippen molar-refractivity contribution in [2.45, 2.75) is 26.8 Å². The van der Waals surface area contributed by atoms with Crippen molar-refractivity contribution < 1.29 is 24.5 Å². The van der Waals surface area contributed by atoms with Crippen LogP contribution in [-0.2, 0) is 9.53 Å². The summed E-state index contributed by atoms with van der Waals surface area (Å²) in [6.07, 6.45) is 0. The van der Waals surface area contributed by atoms with Gasteiger partial charge in [-0.05, 0) is 67.8 Å². The summed E-state index contributed by atoms with van der Waals surface area (Å²) in [4.78, 5) is 24.5. The van der Waals surface area contributed by atoms with Crippen LogP contribution < -0.4 is 5.01 Å². The maximum atomic E-state index is 13.2. The number of hydrogen-bond acceptors (Lipinski definition) is 7. The van der Waals surface area contributed by atoms with Gasteiger partial charge in [0.1, 0.15) is 5.69 Å². The number of carboxylic acids is 1. The Labute approximate surface area is 202 Å². The van der Waals surface area contributed by atoms with Gasteiger partial charge in [-0.1, -0.05) is 30.3 Å². The average molecular weight is 473 g/mol. The van der Waals surface area contributed by atoms with Crippen LogP contribution in [0.4, 0.5) is 11.4 Å². The van der Waals surface area contributed by atoms with Gasteiger partial charge in [0.2, 0.25) is 11.9 Å². The van der Waals surface area contributed by atoms with Crippen molar-refractivity contribution in [1.29, 1.82) is 0 Å². The number of aryl methyl sites for hydroxylation is 2. The molecule has 0 saturated heterocycles. The number of ether oxygens (including phenoxy) is 1. The molecule has 0 aromatic heterocycles. The Morgan fingerprint density at radius 2 is 1.80 bits per heavy atom. The van der Waals surface area contributed by atoms with Crippen LogP contribution in [0.2, 0.25) is 0 Å². The minimum Gasteiger partial charge on any atom is -0.505 e. The fourth-order valence-electron chi connectivity index (χ4n) is 3.82. The molecule has 35 heavy (non-hydrogen) atoms. The van der Waals surface area contributed by atoms with Crippen LogP contribution in [0.5, 0.6) is 5.75 Å². The third-order valence-corrected chi connectivity index (χ3v) is 5.33. The Hall–Kier alpha value is -4.53. The highest BCUT2D eigenvalue weighted by Gasteiger charge is 2.39. The van der Waals surface area contributed by atoms with Crippen LogP contribution in [0.15, 0.2) is 76.0 Å². The second-order valence-electron chi connectivity index (χ2n) is 8.04. The normalized spacial score (nSPS) is 15.5. The number of carboxylic acid groups (broad SMARTS) is 1. The molecule has 9 nitrogen and oxygen atoms in total. The van der Waals surface area contributed by atoms with Crippen molar-refractivity contribution in [1.82, 2.24) is 0 Å². The maximum absolute atomic E-state index is 13.2. The van der Waals surface area contributed by atoms with E-state index >= 15 is 0 Å². The standard InChI is InChI=1S/C26H24N4O5/c1-4-35-24-22(25(32)30(29-24)19-12-15(2)11-16(3)13-19)28-27-21-10-6-9-20(23(21)31)17-7-5-8-18(14-17)26(33)34/h5-14,22,31H,4H2,1-3H3,(H,33,34). The number of nitrogens with zero attached hydrogens (tertiary/aromatic N) is 4. The zero-order valence-electron chi connectivity index (χ0n) is 19.5. The van der Waals surface area contributed by atoms with E-state index in [9.17, 15) is 19.8 Å². The molecule has 0 spiro atoms. The topological polar surface area (TPSA) is 124 Å². The van der Waals surface area contributed by atoms with E-state index in [2.05, 4.69) is 15.3 Å². The number of azo groups is 1. The lowest BCUT2D eigenvalue weighted by Gasteiger charge is -2.13. The fourth-order valence-corrected chi connectivity index (χ4v) is 3.82. The first-order chi connectivity index (χ1) is 16.8. The highest BCUT2D eigenvalue weighted by Crippen LogP contribution is 2.38. The number of benzene rings is 3. The quantitative estimate of drug-likeness (QED) is 0.476. The molecule has 0 radical (unpaired) electrons. The molecule has 178 valence electrons. The van der Waals surface area contributed by atoms with Crippen LogP contribution in [0.1, 0.15) is 28.4 Å². The molecule has 3 aromatic rings. The third kappa shape index (κ3) is 4.89. The Bertz CT molecular complexity index is 1350. The van der Waals surface area contributed by atoms with Crippen LogP contribution in [0, 0.1) is 13.8 Å². The van der Waals surface area contributed by atoms with E-state index in [-0.39, 0.29) is 22.9 Å². The number of carbonyl (C=O) groups excluding carboxylic acids is 1. The molecule has 0 bridgehead atoms. The molecule has 4 rings (SSSR count). The molecule has 1 amide bonds. The molecule has 3 aromatic carbocycles. The summed E-state index contributed by atoms with van der Waals surface area (Å²) in [5.41, 5.74) is 3.68. The zero-order chi connectivity index (χ0) is 25.1. The summed E-state index contributed by atoms with van der Waals surface area (Å²) >= 11 is 0. The Morgan fingerprint density at radius 1 is 1.09 bits per heavy atom. The number of aromatic hydroxyl groups is 1. The molecule has 1 unspecified atom stereocenters. The first kappa shape index (κ1) is 23.6. The molecule has 0 saturated carbocycles. The maximum Gasteiger partial charge on any atom is 0.335 e. The van der Waals surface area contributed by atoms with Gasteiger partial charge in [-0.15, -0.1) is 5.10 Å². The number of rotatable bonds is 6. The molecule has 9 heteroatoms. The minimum atomic E-state index is -1.10. The van der Waals surface area contributed by atoms with E-state index in [0.29, 0.717) is 23.4 Å². The summed E-state index contributed by atoms with van der Waals surface area (Å²) in [7, 11) is 0. The first-order valence-electron chi connectivity index (χ1n) is 11.0. The molecular weight excluding hydrogens is 448 g/mol. The lowest BCUT2D eigenvalue weighted by atomic mass is 10.0. The van der Waals surface area contributed by atoms with Gasteiger partial charge in [0.25, 0.3) is 5.91 Å². The summed E-state index contributed by atoms with van der Waals surface area (Å²) in [5, 5.41) is 33.9. The number of hydrogen-bond donors (Lipinski definition) is 2. The minimum absolute atomic E-state index is 0.0922. The van der Waals surface area contributed by atoms with Crippen molar-refractivity contribution in [3.8, 4) is 16.9 Å². The Balaban J connectivity index is 1.65. The summed E-state index contributed by atoms with van der Waals surface area (Å²) in [5.74, 6) is -1.57. The van der Waals surface area contributed by atoms with Gasteiger partial charge in [0, 0.05) is 5.56 Å². The van der Waals surface area contributed by atoms with E-state index in [1.165, 1.54) is 17.1 Å². The first-order valence-corrected chi connectivity index (χ1v) is 11.0. The monoisotopic (exact) mass is 472 g/mol. The van der Waals surface area contributed by atoms with Crippen molar-refractivity contribution in [3.05, 3.63) is 77.4 Å². The molecule has 2 N–H and O–H groups in total. The van der Waals surface area contributed by atoms with E-state index < -0.39 is 17.9 Å².